The average Bonchev–Trinajstić information content (AvgIpc) is 2.96. The van der Waals surface area contributed by atoms with Crippen LogP contribution in [0.15, 0.2) is 59.5 Å². The van der Waals surface area contributed by atoms with Crippen LogP contribution in [0.4, 0.5) is 0 Å². The maximum atomic E-state index is 11.6. The summed E-state index contributed by atoms with van der Waals surface area (Å²) in [7, 11) is -1.64. The van der Waals surface area contributed by atoms with E-state index in [2.05, 4.69) is 5.10 Å². The number of rotatable bonds is 4. The molecule has 0 saturated carbocycles. The minimum absolute atomic E-state index is 0.268. The third-order valence-corrected chi connectivity index (χ3v) is 4.87. The molecule has 0 fully saturated rings. The molecule has 0 radical (unpaired) electrons. The zero-order chi connectivity index (χ0) is 17.3. The van der Waals surface area contributed by atoms with Crippen LogP contribution < -0.4 is 4.74 Å². The molecular formula is C17H15ClN2O3S. The summed E-state index contributed by atoms with van der Waals surface area (Å²) < 4.78 is 30.1. The summed E-state index contributed by atoms with van der Waals surface area (Å²) in [4.78, 5) is 0.268. The van der Waals surface area contributed by atoms with Gasteiger partial charge in [0.1, 0.15) is 5.75 Å². The van der Waals surface area contributed by atoms with Gasteiger partial charge in [-0.25, -0.2) is 13.1 Å². The van der Waals surface area contributed by atoms with Crippen molar-refractivity contribution in [1.29, 1.82) is 0 Å². The maximum absolute atomic E-state index is 11.6. The van der Waals surface area contributed by atoms with Crippen LogP contribution in [0.5, 0.6) is 5.75 Å². The van der Waals surface area contributed by atoms with Crippen LogP contribution in [0.1, 0.15) is 0 Å². The summed E-state index contributed by atoms with van der Waals surface area (Å²) >= 11 is 6.08. The zero-order valence-electron chi connectivity index (χ0n) is 13.1. The molecule has 124 valence electrons. The molecule has 0 spiro atoms. The van der Waals surface area contributed by atoms with Gasteiger partial charge < -0.3 is 4.74 Å². The standard InChI is InChI=1S/C17H15ClN2O3S/c1-23-14-5-3-4-13(10-14)20-16(11-17(18)19-20)12-6-8-15(9-7-12)24(2,21)22/h3-11H,1-2H3. The fourth-order valence-electron chi connectivity index (χ4n) is 2.37. The summed E-state index contributed by atoms with van der Waals surface area (Å²) in [6.07, 6.45) is 1.18. The number of ether oxygens (including phenoxy) is 1. The van der Waals surface area contributed by atoms with Crippen LogP contribution in [0.25, 0.3) is 16.9 Å². The van der Waals surface area contributed by atoms with Gasteiger partial charge in [-0.15, -0.1) is 0 Å². The first-order valence-corrected chi connectivity index (χ1v) is 9.36. The quantitative estimate of drug-likeness (QED) is 0.711. The second-order valence-corrected chi connectivity index (χ2v) is 7.67. The van der Waals surface area contributed by atoms with Crippen molar-refractivity contribution < 1.29 is 13.2 Å². The van der Waals surface area contributed by atoms with Crippen molar-refractivity contribution in [1.82, 2.24) is 9.78 Å². The lowest BCUT2D eigenvalue weighted by Crippen LogP contribution is -2.00. The molecule has 5 nitrogen and oxygen atoms in total. The number of hydrogen-bond acceptors (Lipinski definition) is 4. The molecule has 0 bridgehead atoms. The number of methoxy groups -OCH3 is 1. The molecule has 0 aliphatic rings. The highest BCUT2D eigenvalue weighted by Gasteiger charge is 2.13. The molecular weight excluding hydrogens is 348 g/mol. The molecule has 3 rings (SSSR count). The molecule has 0 atom stereocenters. The zero-order valence-corrected chi connectivity index (χ0v) is 14.7. The first-order valence-electron chi connectivity index (χ1n) is 7.09. The maximum Gasteiger partial charge on any atom is 0.175 e. The van der Waals surface area contributed by atoms with E-state index in [-0.39, 0.29) is 4.90 Å². The van der Waals surface area contributed by atoms with Crippen molar-refractivity contribution in [3.63, 3.8) is 0 Å². The third kappa shape index (κ3) is 3.29. The summed E-state index contributed by atoms with van der Waals surface area (Å²) in [5, 5.41) is 4.66. The van der Waals surface area contributed by atoms with E-state index in [1.165, 1.54) is 6.26 Å². The van der Waals surface area contributed by atoms with Crippen LogP contribution in [-0.2, 0) is 9.84 Å². The van der Waals surface area contributed by atoms with Crippen molar-refractivity contribution in [2.24, 2.45) is 0 Å². The topological polar surface area (TPSA) is 61.2 Å². The van der Waals surface area contributed by atoms with Gasteiger partial charge in [-0.1, -0.05) is 29.8 Å². The predicted molar refractivity (Wildman–Crippen MR) is 93.7 cm³/mol. The second kappa shape index (κ2) is 6.30. The summed E-state index contributed by atoms with van der Waals surface area (Å²) in [5.41, 5.74) is 2.36. The van der Waals surface area contributed by atoms with Gasteiger partial charge in [-0.2, -0.15) is 5.10 Å². The minimum atomic E-state index is -3.23. The number of aromatic nitrogens is 2. The Bertz CT molecular complexity index is 979. The lowest BCUT2D eigenvalue weighted by molar-refractivity contribution is 0.414. The Morgan fingerprint density at radius 1 is 1.08 bits per heavy atom. The number of benzene rings is 2. The van der Waals surface area contributed by atoms with E-state index < -0.39 is 9.84 Å². The first-order chi connectivity index (χ1) is 11.4. The Balaban J connectivity index is 2.09. The van der Waals surface area contributed by atoms with E-state index in [0.717, 1.165) is 16.9 Å². The molecule has 3 aromatic rings. The molecule has 0 unspecified atom stereocenters. The van der Waals surface area contributed by atoms with E-state index in [0.29, 0.717) is 10.9 Å². The van der Waals surface area contributed by atoms with Crippen LogP contribution in [0, 0.1) is 0 Å². The van der Waals surface area contributed by atoms with E-state index >= 15 is 0 Å². The third-order valence-electron chi connectivity index (χ3n) is 3.56. The van der Waals surface area contributed by atoms with Crippen molar-refractivity contribution in [2.75, 3.05) is 13.4 Å². The average molecular weight is 363 g/mol. The highest BCUT2D eigenvalue weighted by Crippen LogP contribution is 2.28. The van der Waals surface area contributed by atoms with Gasteiger partial charge in [-0.3, -0.25) is 0 Å². The van der Waals surface area contributed by atoms with Crippen molar-refractivity contribution >= 4 is 21.4 Å². The summed E-state index contributed by atoms with van der Waals surface area (Å²) in [5.74, 6) is 0.706. The SMILES string of the molecule is COc1cccc(-n2nc(Cl)cc2-c2ccc(S(C)(=O)=O)cc2)c1. The number of hydrogen-bond donors (Lipinski definition) is 0. The fraction of sp³-hybridized carbons (Fsp3) is 0.118. The Morgan fingerprint density at radius 3 is 2.42 bits per heavy atom. The normalized spacial score (nSPS) is 11.5. The van der Waals surface area contributed by atoms with Gasteiger partial charge in [0.15, 0.2) is 15.0 Å². The molecule has 24 heavy (non-hydrogen) atoms. The second-order valence-electron chi connectivity index (χ2n) is 5.26. The van der Waals surface area contributed by atoms with Crippen LogP contribution in [0.3, 0.4) is 0 Å². The van der Waals surface area contributed by atoms with Crippen LogP contribution >= 0.6 is 11.6 Å². The Labute approximate surface area is 145 Å². The van der Waals surface area contributed by atoms with Gasteiger partial charge in [0.2, 0.25) is 0 Å². The van der Waals surface area contributed by atoms with E-state index in [1.54, 1.807) is 42.1 Å². The first kappa shape index (κ1) is 16.5. The van der Waals surface area contributed by atoms with Gasteiger partial charge in [0, 0.05) is 24.0 Å². The molecule has 7 heteroatoms. The van der Waals surface area contributed by atoms with Crippen molar-refractivity contribution in [3.05, 3.63) is 59.8 Å². The number of nitrogens with zero attached hydrogens (tertiary/aromatic N) is 2. The molecule has 1 heterocycles. The fourth-order valence-corrected chi connectivity index (χ4v) is 3.18. The van der Waals surface area contributed by atoms with Gasteiger partial charge >= 0.3 is 0 Å². The summed E-state index contributed by atoms with van der Waals surface area (Å²) in [6.45, 7) is 0. The highest BCUT2D eigenvalue weighted by molar-refractivity contribution is 7.90. The Morgan fingerprint density at radius 2 is 1.79 bits per heavy atom. The van der Waals surface area contributed by atoms with Crippen molar-refractivity contribution in [3.8, 4) is 22.7 Å². The Hall–Kier alpha value is -2.31. The van der Waals surface area contributed by atoms with Crippen LogP contribution in [-0.4, -0.2) is 31.6 Å². The lowest BCUT2D eigenvalue weighted by Gasteiger charge is -2.09. The molecule has 0 N–H and O–H groups in total. The summed E-state index contributed by atoms with van der Waals surface area (Å²) in [6, 6.07) is 15.8. The van der Waals surface area contributed by atoms with Gasteiger partial charge in [0.05, 0.1) is 23.4 Å². The van der Waals surface area contributed by atoms with E-state index in [1.807, 2.05) is 24.3 Å². The molecule has 1 aromatic heterocycles. The lowest BCUT2D eigenvalue weighted by atomic mass is 10.1. The smallest absolute Gasteiger partial charge is 0.175 e. The van der Waals surface area contributed by atoms with Crippen LogP contribution in [0.2, 0.25) is 5.15 Å². The molecule has 0 amide bonds. The van der Waals surface area contributed by atoms with Gasteiger partial charge in [-0.05, 0) is 24.3 Å². The Kier molecular flexibility index (Phi) is 4.34. The largest absolute Gasteiger partial charge is 0.497 e. The minimum Gasteiger partial charge on any atom is -0.497 e. The number of halogens is 1. The number of sulfone groups is 1. The molecule has 0 aliphatic carbocycles. The molecule has 2 aromatic carbocycles. The van der Waals surface area contributed by atoms with E-state index in [9.17, 15) is 8.42 Å². The van der Waals surface area contributed by atoms with E-state index in [4.69, 9.17) is 16.3 Å². The monoisotopic (exact) mass is 362 g/mol. The molecule has 0 aliphatic heterocycles. The van der Waals surface area contributed by atoms with Crippen molar-refractivity contribution in [2.45, 2.75) is 4.90 Å². The van der Waals surface area contributed by atoms with Gasteiger partial charge in [0.25, 0.3) is 0 Å². The molecule has 0 saturated heterocycles. The highest BCUT2D eigenvalue weighted by atomic mass is 35.5. The predicted octanol–water partition coefficient (Wildman–Crippen LogP) is 3.60.